The molecule has 17 heavy (non-hydrogen) atoms. The first-order chi connectivity index (χ1) is 7.83. The number of phenols is 1. The Bertz CT molecular complexity index is 269. The van der Waals surface area contributed by atoms with Crippen LogP contribution in [-0.4, -0.2) is 54.0 Å². The number of hydrogen-bond donors (Lipinski definition) is 1. The van der Waals surface area contributed by atoms with Crippen molar-refractivity contribution in [2.75, 3.05) is 0 Å². The second-order valence-corrected chi connectivity index (χ2v) is 4.54. The summed E-state index contributed by atoms with van der Waals surface area (Å²) in [6.07, 6.45) is 10.6. The van der Waals surface area contributed by atoms with E-state index in [-0.39, 0.29) is 48.9 Å². The molecule has 0 heterocycles. The summed E-state index contributed by atoms with van der Waals surface area (Å²) in [5.41, 5.74) is 1.34. The van der Waals surface area contributed by atoms with Gasteiger partial charge in [-0.05, 0) is 30.5 Å². The van der Waals surface area contributed by atoms with Crippen LogP contribution in [0.4, 0.5) is 0 Å². The average molecular weight is 358 g/mol. The number of rotatable bonds is 8. The smallest absolute Gasteiger partial charge is 0.115 e. The van der Waals surface area contributed by atoms with E-state index in [0.29, 0.717) is 5.75 Å². The van der Waals surface area contributed by atoms with Gasteiger partial charge in [0.1, 0.15) is 5.75 Å². The van der Waals surface area contributed by atoms with Gasteiger partial charge in [0.15, 0.2) is 0 Å². The second kappa shape index (κ2) is 11.7. The second-order valence-electron chi connectivity index (χ2n) is 4.54. The summed E-state index contributed by atoms with van der Waals surface area (Å²) < 4.78 is 0. The van der Waals surface area contributed by atoms with Gasteiger partial charge in [-0.15, -0.1) is 0 Å². The molecule has 0 aliphatic rings. The predicted molar refractivity (Wildman–Crippen MR) is 75.6 cm³/mol. The minimum absolute atomic E-state index is 0. The van der Waals surface area contributed by atoms with Crippen molar-refractivity contribution >= 4 is 48.9 Å². The van der Waals surface area contributed by atoms with Crippen LogP contribution < -0.4 is 0 Å². The topological polar surface area (TPSA) is 20.2 Å². The maximum Gasteiger partial charge on any atom is 0.115 e. The van der Waals surface area contributed by atoms with Crippen LogP contribution in [0.15, 0.2) is 24.3 Å². The van der Waals surface area contributed by atoms with Gasteiger partial charge < -0.3 is 5.11 Å². The van der Waals surface area contributed by atoms with Gasteiger partial charge in [0.05, 0.1) is 0 Å². The standard InChI is InChI=1S/C15H24O.Ba/c1-2-3-4-5-6-7-8-9-14-10-12-15(16)13-11-14;/h10-13,16H,2-9H2,1H3;. The number of unbranched alkanes of at least 4 members (excludes halogenated alkanes) is 6. The summed E-state index contributed by atoms with van der Waals surface area (Å²) >= 11 is 0. The van der Waals surface area contributed by atoms with Gasteiger partial charge in [0, 0.05) is 48.9 Å². The Hall–Kier alpha value is 0.591. The van der Waals surface area contributed by atoms with E-state index in [2.05, 4.69) is 6.92 Å². The maximum atomic E-state index is 9.15. The predicted octanol–water partition coefficient (Wildman–Crippen LogP) is 4.30. The summed E-state index contributed by atoms with van der Waals surface area (Å²) in [5.74, 6) is 0.364. The number of aryl methyl sites for hydroxylation is 1. The van der Waals surface area contributed by atoms with E-state index >= 15 is 0 Å². The fourth-order valence-electron chi connectivity index (χ4n) is 1.95. The molecule has 0 bridgehead atoms. The van der Waals surface area contributed by atoms with Crippen molar-refractivity contribution in [3.8, 4) is 5.75 Å². The van der Waals surface area contributed by atoms with Crippen LogP contribution in [0.25, 0.3) is 0 Å². The minimum Gasteiger partial charge on any atom is -0.508 e. The summed E-state index contributed by atoms with van der Waals surface area (Å²) in [5, 5.41) is 9.15. The van der Waals surface area contributed by atoms with E-state index in [9.17, 15) is 0 Å². The van der Waals surface area contributed by atoms with Crippen molar-refractivity contribution in [2.45, 2.75) is 58.3 Å². The maximum absolute atomic E-state index is 9.15. The Morgan fingerprint density at radius 1 is 0.824 bits per heavy atom. The Morgan fingerprint density at radius 3 is 1.94 bits per heavy atom. The van der Waals surface area contributed by atoms with E-state index in [1.807, 2.05) is 12.1 Å². The summed E-state index contributed by atoms with van der Waals surface area (Å²) in [6, 6.07) is 7.59. The largest absolute Gasteiger partial charge is 0.508 e. The first kappa shape index (κ1) is 17.6. The van der Waals surface area contributed by atoms with E-state index in [1.165, 1.54) is 50.5 Å². The molecule has 0 atom stereocenters. The van der Waals surface area contributed by atoms with Crippen molar-refractivity contribution in [2.24, 2.45) is 0 Å². The molecule has 0 aliphatic heterocycles. The number of hydrogen-bond acceptors (Lipinski definition) is 1. The number of phenolic OH excluding ortho intramolecular Hbond substituents is 1. The molecule has 2 heteroatoms. The molecular formula is C15H24BaO. The summed E-state index contributed by atoms with van der Waals surface area (Å²) in [4.78, 5) is 0. The molecule has 0 fully saturated rings. The third-order valence-electron chi connectivity index (χ3n) is 3.01. The van der Waals surface area contributed by atoms with Crippen molar-refractivity contribution in [1.29, 1.82) is 0 Å². The number of aromatic hydroxyl groups is 1. The van der Waals surface area contributed by atoms with Crippen LogP contribution in [0.2, 0.25) is 0 Å². The first-order valence-corrected chi connectivity index (χ1v) is 6.61. The van der Waals surface area contributed by atoms with Gasteiger partial charge in [-0.1, -0.05) is 57.6 Å². The van der Waals surface area contributed by atoms with E-state index in [4.69, 9.17) is 5.11 Å². The van der Waals surface area contributed by atoms with E-state index < -0.39 is 0 Å². The molecule has 1 aromatic carbocycles. The van der Waals surface area contributed by atoms with Crippen LogP contribution in [0, 0.1) is 0 Å². The minimum atomic E-state index is 0. The Morgan fingerprint density at radius 2 is 1.35 bits per heavy atom. The summed E-state index contributed by atoms with van der Waals surface area (Å²) in [6.45, 7) is 2.25. The molecule has 92 valence electrons. The van der Waals surface area contributed by atoms with Gasteiger partial charge in [-0.25, -0.2) is 0 Å². The van der Waals surface area contributed by atoms with Crippen molar-refractivity contribution in [1.82, 2.24) is 0 Å². The average Bonchev–Trinajstić information content (AvgIpc) is 2.30. The van der Waals surface area contributed by atoms with E-state index in [0.717, 1.165) is 6.42 Å². The van der Waals surface area contributed by atoms with Gasteiger partial charge in [0.25, 0.3) is 0 Å². The fourth-order valence-corrected chi connectivity index (χ4v) is 1.95. The Kier molecular flexibility index (Phi) is 12.1. The van der Waals surface area contributed by atoms with Crippen molar-refractivity contribution in [3.05, 3.63) is 29.8 Å². The van der Waals surface area contributed by atoms with E-state index in [1.54, 1.807) is 12.1 Å². The van der Waals surface area contributed by atoms with Crippen LogP contribution in [0.3, 0.4) is 0 Å². The fraction of sp³-hybridized carbons (Fsp3) is 0.600. The third kappa shape index (κ3) is 9.20. The Labute approximate surface area is 146 Å². The van der Waals surface area contributed by atoms with Crippen molar-refractivity contribution in [3.63, 3.8) is 0 Å². The molecule has 0 aromatic heterocycles. The molecule has 1 nitrogen and oxygen atoms in total. The summed E-state index contributed by atoms with van der Waals surface area (Å²) in [7, 11) is 0. The molecule has 0 saturated carbocycles. The third-order valence-corrected chi connectivity index (χ3v) is 3.01. The molecule has 2 radical (unpaired) electrons. The molecular weight excluding hydrogens is 333 g/mol. The zero-order valence-corrected chi connectivity index (χ0v) is 15.6. The quantitative estimate of drug-likeness (QED) is 0.543. The molecule has 0 amide bonds. The van der Waals surface area contributed by atoms with Crippen molar-refractivity contribution < 1.29 is 5.11 Å². The van der Waals surface area contributed by atoms with Crippen LogP contribution in [-0.2, 0) is 6.42 Å². The van der Waals surface area contributed by atoms with Gasteiger partial charge in [0.2, 0.25) is 0 Å². The molecule has 0 saturated heterocycles. The van der Waals surface area contributed by atoms with Crippen LogP contribution in [0.5, 0.6) is 5.75 Å². The van der Waals surface area contributed by atoms with Gasteiger partial charge in [-0.3, -0.25) is 0 Å². The number of benzene rings is 1. The Balaban J connectivity index is 0.00000256. The van der Waals surface area contributed by atoms with Crippen LogP contribution in [0.1, 0.15) is 57.4 Å². The molecule has 1 aromatic rings. The zero-order valence-electron chi connectivity index (χ0n) is 11.1. The molecule has 1 rings (SSSR count). The van der Waals surface area contributed by atoms with Gasteiger partial charge in [-0.2, -0.15) is 0 Å². The SMILES string of the molecule is CCCCCCCCCc1ccc(O)cc1.[Ba]. The molecule has 0 unspecified atom stereocenters. The zero-order chi connectivity index (χ0) is 11.6. The first-order valence-electron chi connectivity index (χ1n) is 6.61. The molecule has 0 aliphatic carbocycles. The molecule has 0 spiro atoms. The molecule has 1 N–H and O–H groups in total. The van der Waals surface area contributed by atoms with Gasteiger partial charge >= 0.3 is 0 Å². The normalized spacial score (nSPS) is 9.94. The monoisotopic (exact) mass is 358 g/mol. The van der Waals surface area contributed by atoms with Crippen LogP contribution >= 0.6 is 0 Å².